The molecular weight excluding hydrogens is 476 g/mol. The first-order valence-corrected chi connectivity index (χ1v) is 11.9. The minimum atomic E-state index is -1.77. The number of hydrogen-bond acceptors (Lipinski definition) is 7. The molecule has 3 aromatic carbocycles. The maximum Gasteiger partial charge on any atom is 0.337 e. The number of methoxy groups -OCH3 is 1. The largest absolute Gasteiger partial charge is 0.480 e. The lowest BCUT2D eigenvalue weighted by atomic mass is 9.76. The van der Waals surface area contributed by atoms with Crippen molar-refractivity contribution in [2.45, 2.75) is 18.0 Å². The maximum atomic E-state index is 13.5. The number of benzene rings is 3. The predicted molar refractivity (Wildman–Crippen MR) is 132 cm³/mol. The summed E-state index contributed by atoms with van der Waals surface area (Å²) < 4.78 is 4.74. The summed E-state index contributed by atoms with van der Waals surface area (Å²) in [5.41, 5.74) is -0.196. The Labute approximate surface area is 212 Å². The molecule has 0 spiro atoms. The third-order valence-corrected chi connectivity index (χ3v) is 7.44. The fraction of sp³-hybridized carbons (Fsp3) is 0.286. The Morgan fingerprint density at radius 2 is 1.70 bits per heavy atom. The summed E-state index contributed by atoms with van der Waals surface area (Å²) >= 11 is 0. The first kappa shape index (κ1) is 24.6. The first-order valence-electron chi connectivity index (χ1n) is 11.9. The molecule has 4 atom stereocenters. The average Bonchev–Trinajstić information content (AvgIpc) is 3.38. The number of fused-ring (bicyclic) bond motifs is 2. The van der Waals surface area contributed by atoms with Crippen LogP contribution in [0.4, 0.5) is 0 Å². The molecule has 0 bridgehead atoms. The fourth-order valence-electron chi connectivity index (χ4n) is 5.72. The van der Waals surface area contributed by atoms with Crippen molar-refractivity contribution >= 4 is 34.5 Å². The number of carbonyl (C=O) groups is 4. The third-order valence-electron chi connectivity index (χ3n) is 7.44. The van der Waals surface area contributed by atoms with Gasteiger partial charge in [-0.15, -0.1) is 0 Å². The van der Waals surface area contributed by atoms with E-state index in [4.69, 9.17) is 4.74 Å². The van der Waals surface area contributed by atoms with Crippen molar-refractivity contribution in [1.82, 2.24) is 10.2 Å². The van der Waals surface area contributed by atoms with Gasteiger partial charge < -0.3 is 14.9 Å². The Morgan fingerprint density at radius 1 is 1.00 bits per heavy atom. The van der Waals surface area contributed by atoms with E-state index < -0.39 is 53.8 Å². The summed E-state index contributed by atoms with van der Waals surface area (Å²) in [4.78, 5) is 52.7. The molecule has 5 rings (SSSR count). The van der Waals surface area contributed by atoms with Crippen molar-refractivity contribution in [3.05, 3.63) is 83.4 Å². The Kier molecular flexibility index (Phi) is 6.26. The van der Waals surface area contributed by atoms with Gasteiger partial charge >= 0.3 is 11.9 Å². The summed E-state index contributed by atoms with van der Waals surface area (Å²) in [6, 6.07) is 18.8. The second kappa shape index (κ2) is 9.42. The highest BCUT2D eigenvalue weighted by Gasteiger charge is 2.68. The minimum Gasteiger partial charge on any atom is -0.480 e. The van der Waals surface area contributed by atoms with Crippen molar-refractivity contribution in [3.8, 4) is 0 Å². The van der Waals surface area contributed by atoms with Gasteiger partial charge in [0.1, 0.15) is 5.54 Å². The molecule has 0 aliphatic carbocycles. The van der Waals surface area contributed by atoms with E-state index >= 15 is 0 Å². The SMILES string of the molecule is COC(=O)c1ccc(C2NC(Cc3ccc4ccccc4c3)(C(=O)O)C3C(=O)N(CCO)C(=O)C23)cc1. The van der Waals surface area contributed by atoms with Crippen molar-refractivity contribution in [2.24, 2.45) is 11.8 Å². The smallest absolute Gasteiger partial charge is 0.337 e. The molecule has 2 saturated heterocycles. The van der Waals surface area contributed by atoms with Crippen molar-refractivity contribution < 1.29 is 34.1 Å². The molecule has 9 heteroatoms. The molecule has 0 saturated carbocycles. The Morgan fingerprint density at radius 3 is 2.35 bits per heavy atom. The number of amides is 2. The topological polar surface area (TPSA) is 133 Å². The van der Waals surface area contributed by atoms with Gasteiger partial charge in [0.05, 0.1) is 37.7 Å². The number of rotatable bonds is 7. The van der Waals surface area contributed by atoms with E-state index in [0.717, 1.165) is 15.7 Å². The lowest BCUT2D eigenvalue weighted by molar-refractivity contribution is -0.151. The molecule has 37 heavy (non-hydrogen) atoms. The highest BCUT2D eigenvalue weighted by Crippen LogP contribution is 2.50. The number of imide groups is 1. The number of ether oxygens (including phenoxy) is 1. The molecule has 3 N–H and O–H groups in total. The summed E-state index contributed by atoms with van der Waals surface area (Å²) in [6.07, 6.45) is -0.0307. The number of likely N-dealkylation sites (tertiary alicyclic amines) is 1. The summed E-state index contributed by atoms with van der Waals surface area (Å²) in [5, 5.41) is 25.1. The van der Waals surface area contributed by atoms with Crippen LogP contribution >= 0.6 is 0 Å². The Balaban J connectivity index is 1.60. The van der Waals surface area contributed by atoms with E-state index in [1.807, 2.05) is 42.5 Å². The van der Waals surface area contributed by atoms with Crippen LogP contribution < -0.4 is 5.32 Å². The van der Waals surface area contributed by atoms with Gasteiger partial charge in [0, 0.05) is 12.5 Å². The van der Waals surface area contributed by atoms with E-state index in [2.05, 4.69) is 5.32 Å². The zero-order chi connectivity index (χ0) is 26.3. The lowest BCUT2D eigenvalue weighted by Crippen LogP contribution is -2.57. The van der Waals surface area contributed by atoms with Crippen LogP contribution in [-0.4, -0.2) is 64.7 Å². The van der Waals surface area contributed by atoms with Gasteiger partial charge in [-0.3, -0.25) is 24.6 Å². The second-order valence-corrected chi connectivity index (χ2v) is 9.43. The Bertz CT molecular complexity index is 1400. The zero-order valence-corrected chi connectivity index (χ0v) is 20.1. The predicted octanol–water partition coefficient (Wildman–Crippen LogP) is 1.93. The molecule has 0 radical (unpaired) electrons. The lowest BCUT2D eigenvalue weighted by Gasteiger charge is -2.31. The van der Waals surface area contributed by atoms with Crippen LogP contribution in [0.1, 0.15) is 27.5 Å². The minimum absolute atomic E-state index is 0.0307. The number of nitrogens with zero attached hydrogens (tertiary/aromatic N) is 1. The van der Waals surface area contributed by atoms with Crippen LogP contribution in [0.2, 0.25) is 0 Å². The van der Waals surface area contributed by atoms with Gasteiger partial charge in [-0.2, -0.15) is 0 Å². The highest BCUT2D eigenvalue weighted by molar-refractivity contribution is 6.09. The molecule has 2 aliphatic heterocycles. The van der Waals surface area contributed by atoms with E-state index in [1.165, 1.54) is 19.2 Å². The van der Waals surface area contributed by atoms with Crippen LogP contribution in [0.15, 0.2) is 66.7 Å². The number of aliphatic hydroxyl groups excluding tert-OH is 1. The molecule has 2 aliphatic rings. The number of esters is 1. The van der Waals surface area contributed by atoms with Gasteiger partial charge in [0.15, 0.2) is 0 Å². The highest BCUT2D eigenvalue weighted by atomic mass is 16.5. The van der Waals surface area contributed by atoms with Crippen LogP contribution in [0, 0.1) is 11.8 Å². The molecular formula is C28H26N2O7. The van der Waals surface area contributed by atoms with Crippen LogP contribution in [0.25, 0.3) is 10.8 Å². The number of β-amino-alcohol motifs (C(OH)–C–C–N with tert-alkyl or cyclic N) is 1. The van der Waals surface area contributed by atoms with Crippen LogP contribution in [0.5, 0.6) is 0 Å². The van der Waals surface area contributed by atoms with Gasteiger partial charge in [-0.1, -0.05) is 54.6 Å². The molecule has 190 valence electrons. The van der Waals surface area contributed by atoms with Crippen molar-refractivity contribution in [3.63, 3.8) is 0 Å². The number of carboxylic acid groups (broad SMARTS) is 1. The quantitative estimate of drug-likeness (QED) is 0.330. The average molecular weight is 503 g/mol. The molecule has 0 aromatic heterocycles. The number of nitrogens with one attached hydrogen (secondary N) is 1. The number of aliphatic carboxylic acids is 1. The molecule has 4 unspecified atom stereocenters. The van der Waals surface area contributed by atoms with E-state index in [9.17, 15) is 29.4 Å². The second-order valence-electron chi connectivity index (χ2n) is 9.43. The zero-order valence-electron chi connectivity index (χ0n) is 20.1. The maximum absolute atomic E-state index is 13.5. The first-order chi connectivity index (χ1) is 17.8. The summed E-state index contributed by atoms with van der Waals surface area (Å²) in [7, 11) is 1.27. The third kappa shape index (κ3) is 3.96. The Hall–Kier alpha value is -4.08. The van der Waals surface area contributed by atoms with Crippen molar-refractivity contribution in [1.29, 1.82) is 0 Å². The summed E-state index contributed by atoms with van der Waals surface area (Å²) in [5.74, 6) is -5.08. The molecule has 3 aromatic rings. The number of aliphatic hydroxyl groups is 1. The van der Waals surface area contributed by atoms with Crippen LogP contribution in [0.3, 0.4) is 0 Å². The summed E-state index contributed by atoms with van der Waals surface area (Å²) in [6.45, 7) is -0.627. The number of hydrogen-bond donors (Lipinski definition) is 3. The fourth-order valence-corrected chi connectivity index (χ4v) is 5.72. The van der Waals surface area contributed by atoms with Gasteiger partial charge in [0.2, 0.25) is 11.8 Å². The van der Waals surface area contributed by atoms with Gasteiger partial charge in [-0.05, 0) is 34.0 Å². The van der Waals surface area contributed by atoms with Crippen LogP contribution in [-0.2, 0) is 25.5 Å². The number of carbonyl (C=O) groups excluding carboxylic acids is 3. The van der Waals surface area contributed by atoms with Gasteiger partial charge in [0.25, 0.3) is 0 Å². The monoisotopic (exact) mass is 502 g/mol. The van der Waals surface area contributed by atoms with E-state index in [0.29, 0.717) is 16.7 Å². The number of carboxylic acids is 1. The van der Waals surface area contributed by atoms with Crippen molar-refractivity contribution in [2.75, 3.05) is 20.3 Å². The standard InChI is InChI=1S/C28H26N2O7/c1-37-26(34)19-10-8-18(9-11-19)23-21-22(25(33)30(12-13-31)24(21)32)28(29-23,27(35)36)15-16-6-7-17-4-2-3-5-20(17)14-16/h2-11,14,21-23,29,31H,12-13,15H2,1H3,(H,35,36). The molecule has 2 heterocycles. The molecule has 9 nitrogen and oxygen atoms in total. The van der Waals surface area contributed by atoms with Gasteiger partial charge in [-0.25, -0.2) is 4.79 Å². The normalized spacial score (nSPS) is 24.9. The molecule has 2 fully saturated rings. The van der Waals surface area contributed by atoms with E-state index in [1.54, 1.807) is 12.1 Å². The van der Waals surface area contributed by atoms with E-state index in [-0.39, 0.29) is 13.0 Å². The molecule has 2 amide bonds.